The molecule has 0 unspecified atom stereocenters. The Kier molecular flexibility index (Phi) is 4.22. The fraction of sp³-hybridized carbons (Fsp3) is 0.429. The van der Waals surface area contributed by atoms with Crippen LogP contribution in [-0.2, 0) is 12.8 Å². The van der Waals surface area contributed by atoms with Crippen LogP contribution in [0.4, 0.5) is 0 Å². The van der Waals surface area contributed by atoms with E-state index >= 15 is 0 Å². The summed E-state index contributed by atoms with van der Waals surface area (Å²) < 4.78 is 1.83. The molecule has 0 aliphatic rings. The van der Waals surface area contributed by atoms with Gasteiger partial charge in [-0.15, -0.1) is 0 Å². The van der Waals surface area contributed by atoms with Crippen molar-refractivity contribution in [2.24, 2.45) is 5.73 Å². The minimum atomic E-state index is -0.0286. The second-order valence-corrected chi connectivity index (χ2v) is 4.97. The first-order valence-electron chi connectivity index (χ1n) is 6.57. The van der Waals surface area contributed by atoms with Crippen molar-refractivity contribution in [1.82, 2.24) is 14.8 Å². The first-order chi connectivity index (χ1) is 9.06. The lowest BCUT2D eigenvalue weighted by atomic mass is 10.1. The molecule has 1 aromatic heterocycles. The molecule has 102 valence electrons. The summed E-state index contributed by atoms with van der Waals surface area (Å²) >= 11 is 6.35. The molecular weight excluding hydrogens is 260 g/mol. The number of nitrogens with zero attached hydrogens (tertiary/aromatic N) is 3. The largest absolute Gasteiger partial charge is 0.324 e. The Morgan fingerprint density at radius 1 is 1.32 bits per heavy atom. The molecule has 0 spiro atoms. The third kappa shape index (κ3) is 2.80. The van der Waals surface area contributed by atoms with Gasteiger partial charge < -0.3 is 5.73 Å². The van der Waals surface area contributed by atoms with Gasteiger partial charge in [0.05, 0.1) is 10.7 Å². The Hall–Kier alpha value is -1.39. The first-order valence-corrected chi connectivity index (χ1v) is 6.94. The number of nitrogens with two attached hydrogens (primary N) is 1. The van der Waals surface area contributed by atoms with Gasteiger partial charge in [0.1, 0.15) is 5.82 Å². The molecule has 5 heteroatoms. The molecule has 1 atom stereocenters. The topological polar surface area (TPSA) is 56.7 Å². The predicted molar refractivity (Wildman–Crippen MR) is 77.7 cm³/mol. The maximum atomic E-state index is 6.35. The van der Waals surface area contributed by atoms with E-state index in [1.165, 1.54) is 0 Å². The summed E-state index contributed by atoms with van der Waals surface area (Å²) in [6, 6.07) is 5.81. The maximum absolute atomic E-state index is 6.35. The fourth-order valence-electron chi connectivity index (χ4n) is 1.94. The molecule has 0 radical (unpaired) electrons. The molecule has 0 aliphatic heterocycles. The maximum Gasteiger partial charge on any atom is 0.151 e. The highest BCUT2D eigenvalue weighted by atomic mass is 35.5. The van der Waals surface area contributed by atoms with Crippen LogP contribution in [0.25, 0.3) is 5.69 Å². The molecule has 0 aliphatic carbocycles. The lowest BCUT2D eigenvalue weighted by molar-refractivity contribution is 0.785. The van der Waals surface area contributed by atoms with Gasteiger partial charge in [-0.2, -0.15) is 5.10 Å². The zero-order chi connectivity index (χ0) is 14.0. The lowest BCUT2D eigenvalue weighted by Gasteiger charge is -2.10. The van der Waals surface area contributed by atoms with Crippen LogP contribution in [0.15, 0.2) is 18.2 Å². The van der Waals surface area contributed by atoms with E-state index in [1.807, 2.05) is 36.7 Å². The minimum Gasteiger partial charge on any atom is -0.324 e. The van der Waals surface area contributed by atoms with E-state index in [0.29, 0.717) is 5.02 Å². The Morgan fingerprint density at radius 2 is 2.05 bits per heavy atom. The molecule has 4 nitrogen and oxygen atoms in total. The van der Waals surface area contributed by atoms with Crippen LogP contribution in [0.2, 0.25) is 5.02 Å². The average Bonchev–Trinajstić information content (AvgIpc) is 2.81. The summed E-state index contributed by atoms with van der Waals surface area (Å²) in [7, 11) is 0. The molecule has 2 N–H and O–H groups in total. The summed E-state index contributed by atoms with van der Waals surface area (Å²) in [5, 5.41) is 5.15. The van der Waals surface area contributed by atoms with E-state index in [1.54, 1.807) is 0 Å². The minimum absolute atomic E-state index is 0.0286. The summed E-state index contributed by atoms with van der Waals surface area (Å²) in [6.45, 7) is 6.04. The molecule has 1 aromatic carbocycles. The standard InChI is InChI=1S/C14H19ClN4/c1-4-13-17-14(5-2)19(18-13)12-7-6-10(9(3)16)8-11(12)15/h6-9H,4-5,16H2,1-3H3/t9-/m1/s1. The van der Waals surface area contributed by atoms with E-state index in [4.69, 9.17) is 17.3 Å². The van der Waals surface area contributed by atoms with E-state index in [0.717, 1.165) is 35.7 Å². The van der Waals surface area contributed by atoms with E-state index in [2.05, 4.69) is 17.0 Å². The van der Waals surface area contributed by atoms with Gasteiger partial charge in [-0.25, -0.2) is 9.67 Å². The summed E-state index contributed by atoms with van der Waals surface area (Å²) in [6.07, 6.45) is 1.63. The van der Waals surface area contributed by atoms with Crippen molar-refractivity contribution in [3.05, 3.63) is 40.4 Å². The van der Waals surface area contributed by atoms with Crippen LogP contribution in [0, 0.1) is 0 Å². The van der Waals surface area contributed by atoms with Gasteiger partial charge >= 0.3 is 0 Å². The van der Waals surface area contributed by atoms with Crippen molar-refractivity contribution in [3.8, 4) is 5.69 Å². The molecule has 0 saturated carbocycles. The van der Waals surface area contributed by atoms with Gasteiger partial charge in [0.25, 0.3) is 0 Å². The second-order valence-electron chi connectivity index (χ2n) is 4.56. The summed E-state index contributed by atoms with van der Waals surface area (Å²) in [5.41, 5.74) is 7.73. The third-order valence-electron chi connectivity index (χ3n) is 3.08. The van der Waals surface area contributed by atoms with Gasteiger partial charge in [0.2, 0.25) is 0 Å². The Bertz CT molecular complexity index is 575. The Morgan fingerprint density at radius 3 is 2.58 bits per heavy atom. The number of hydrogen-bond donors (Lipinski definition) is 1. The molecule has 1 heterocycles. The van der Waals surface area contributed by atoms with E-state index < -0.39 is 0 Å². The zero-order valence-corrected chi connectivity index (χ0v) is 12.3. The quantitative estimate of drug-likeness (QED) is 0.935. The number of aryl methyl sites for hydroxylation is 2. The summed E-state index contributed by atoms with van der Waals surface area (Å²) in [5.74, 6) is 1.76. The molecule has 0 fully saturated rings. The molecule has 2 rings (SSSR count). The van der Waals surface area contributed by atoms with Crippen molar-refractivity contribution < 1.29 is 0 Å². The van der Waals surface area contributed by atoms with Gasteiger partial charge in [-0.05, 0) is 24.6 Å². The van der Waals surface area contributed by atoms with Gasteiger partial charge in [0, 0.05) is 18.9 Å². The Labute approximate surface area is 118 Å². The van der Waals surface area contributed by atoms with Crippen molar-refractivity contribution in [2.75, 3.05) is 0 Å². The average molecular weight is 279 g/mol. The van der Waals surface area contributed by atoms with Crippen LogP contribution >= 0.6 is 11.6 Å². The van der Waals surface area contributed by atoms with Gasteiger partial charge in [-0.1, -0.05) is 31.5 Å². The normalized spacial score (nSPS) is 12.7. The lowest BCUT2D eigenvalue weighted by Crippen LogP contribution is -2.07. The molecule has 0 bridgehead atoms. The number of hydrogen-bond acceptors (Lipinski definition) is 3. The van der Waals surface area contributed by atoms with E-state index in [-0.39, 0.29) is 6.04 Å². The first kappa shape index (κ1) is 14.0. The summed E-state index contributed by atoms with van der Waals surface area (Å²) in [4.78, 5) is 4.49. The van der Waals surface area contributed by atoms with Crippen molar-refractivity contribution >= 4 is 11.6 Å². The van der Waals surface area contributed by atoms with Crippen LogP contribution in [0.1, 0.15) is 44.0 Å². The number of aromatic nitrogens is 3. The Balaban J connectivity index is 2.49. The smallest absolute Gasteiger partial charge is 0.151 e. The van der Waals surface area contributed by atoms with Crippen LogP contribution < -0.4 is 5.73 Å². The monoisotopic (exact) mass is 278 g/mol. The van der Waals surface area contributed by atoms with Crippen molar-refractivity contribution in [1.29, 1.82) is 0 Å². The molecule has 0 amide bonds. The van der Waals surface area contributed by atoms with Crippen LogP contribution in [-0.4, -0.2) is 14.8 Å². The van der Waals surface area contributed by atoms with Crippen molar-refractivity contribution in [3.63, 3.8) is 0 Å². The number of rotatable bonds is 4. The zero-order valence-electron chi connectivity index (χ0n) is 11.5. The molecular formula is C14H19ClN4. The fourth-order valence-corrected chi connectivity index (χ4v) is 2.21. The molecule has 19 heavy (non-hydrogen) atoms. The predicted octanol–water partition coefficient (Wildman–Crippen LogP) is 3.07. The number of halogens is 1. The van der Waals surface area contributed by atoms with Crippen LogP contribution in [0.5, 0.6) is 0 Å². The highest BCUT2D eigenvalue weighted by Crippen LogP contribution is 2.25. The van der Waals surface area contributed by atoms with Crippen LogP contribution in [0.3, 0.4) is 0 Å². The molecule has 0 saturated heterocycles. The number of benzene rings is 1. The molecule has 2 aromatic rings. The van der Waals surface area contributed by atoms with Gasteiger partial charge in [0.15, 0.2) is 5.82 Å². The highest BCUT2D eigenvalue weighted by molar-refractivity contribution is 6.32. The van der Waals surface area contributed by atoms with Gasteiger partial charge in [-0.3, -0.25) is 0 Å². The van der Waals surface area contributed by atoms with E-state index in [9.17, 15) is 0 Å². The third-order valence-corrected chi connectivity index (χ3v) is 3.38. The second kappa shape index (κ2) is 5.72. The van der Waals surface area contributed by atoms with Crippen molar-refractivity contribution in [2.45, 2.75) is 39.7 Å². The highest BCUT2D eigenvalue weighted by Gasteiger charge is 2.13. The SMILES string of the molecule is CCc1nc(CC)n(-c2ccc([C@@H](C)N)cc2Cl)n1.